The van der Waals surface area contributed by atoms with Gasteiger partial charge in [-0.05, 0) is 60.5 Å². The van der Waals surface area contributed by atoms with E-state index >= 15 is 0 Å². The number of aliphatic hydroxyl groups excluding tert-OH is 1. The van der Waals surface area contributed by atoms with E-state index in [1.54, 1.807) is 72.8 Å². The third-order valence-corrected chi connectivity index (χ3v) is 5.76. The van der Waals surface area contributed by atoms with Gasteiger partial charge < -0.3 is 14.6 Å². The Morgan fingerprint density at radius 3 is 2.35 bits per heavy atom. The van der Waals surface area contributed by atoms with Crippen molar-refractivity contribution < 1.29 is 29.0 Å². The minimum atomic E-state index is -0.973. The minimum absolute atomic E-state index is 0.0952. The van der Waals surface area contributed by atoms with E-state index in [1.165, 1.54) is 11.8 Å². The molecule has 0 spiro atoms. The first-order valence-electron chi connectivity index (χ1n) is 11.7. The Hall–Kier alpha value is -4.90. The molecule has 1 heterocycles. The van der Waals surface area contributed by atoms with E-state index in [1.807, 2.05) is 13.0 Å². The van der Waals surface area contributed by atoms with E-state index in [9.17, 15) is 19.5 Å². The van der Waals surface area contributed by atoms with Gasteiger partial charge in [0.15, 0.2) is 0 Å². The van der Waals surface area contributed by atoms with E-state index in [4.69, 9.17) is 14.7 Å². The predicted molar refractivity (Wildman–Crippen MR) is 136 cm³/mol. The van der Waals surface area contributed by atoms with Crippen LogP contribution < -0.4 is 14.4 Å². The fourth-order valence-corrected chi connectivity index (χ4v) is 4.10. The minimum Gasteiger partial charge on any atom is -0.507 e. The highest BCUT2D eigenvalue weighted by molar-refractivity contribution is 6.51. The standard InChI is InChI=1S/C29H24N2O6/c1-3-15-36-24-6-4-5-21(16-24)27(33)25-26(20-9-13-23(14-10-20)37-18(2)32)31(29(35)28(25)34)22-11-7-19(17-30)8-12-22/h4-14,16,26,33H,3,15H2,1-2H3/b27-25-. The smallest absolute Gasteiger partial charge is 0.308 e. The van der Waals surface area contributed by atoms with E-state index in [2.05, 4.69) is 0 Å². The van der Waals surface area contributed by atoms with Crippen molar-refractivity contribution in [2.24, 2.45) is 0 Å². The first-order valence-corrected chi connectivity index (χ1v) is 11.7. The first kappa shape index (κ1) is 25.2. The maximum atomic E-state index is 13.3. The molecule has 1 aliphatic heterocycles. The average Bonchev–Trinajstić information content (AvgIpc) is 3.17. The van der Waals surface area contributed by atoms with Crippen molar-refractivity contribution in [3.8, 4) is 17.6 Å². The highest BCUT2D eigenvalue weighted by Crippen LogP contribution is 2.42. The number of nitrogens with zero attached hydrogens (tertiary/aromatic N) is 2. The number of ketones is 1. The zero-order chi connectivity index (χ0) is 26.5. The van der Waals surface area contributed by atoms with Crippen LogP contribution in [0.1, 0.15) is 43.0 Å². The van der Waals surface area contributed by atoms with Gasteiger partial charge in [0.05, 0.1) is 29.9 Å². The molecule has 1 saturated heterocycles. The maximum absolute atomic E-state index is 13.3. The van der Waals surface area contributed by atoms with Gasteiger partial charge in [-0.15, -0.1) is 0 Å². The molecule has 1 atom stereocenters. The largest absolute Gasteiger partial charge is 0.507 e. The quantitative estimate of drug-likeness (QED) is 0.163. The average molecular weight is 497 g/mol. The van der Waals surface area contributed by atoms with Crippen molar-refractivity contribution >= 4 is 29.1 Å². The Balaban J connectivity index is 1.86. The fourth-order valence-electron chi connectivity index (χ4n) is 4.10. The summed E-state index contributed by atoms with van der Waals surface area (Å²) in [5.41, 5.74) is 1.52. The van der Waals surface area contributed by atoms with E-state index in [-0.39, 0.29) is 11.3 Å². The van der Waals surface area contributed by atoms with Crippen molar-refractivity contribution in [3.63, 3.8) is 0 Å². The van der Waals surface area contributed by atoms with Gasteiger partial charge in [0, 0.05) is 18.2 Å². The van der Waals surface area contributed by atoms with Crippen LogP contribution in [0.3, 0.4) is 0 Å². The number of carbonyl (C=O) groups is 3. The molecule has 186 valence electrons. The van der Waals surface area contributed by atoms with Gasteiger partial charge in [0.1, 0.15) is 17.3 Å². The third-order valence-electron chi connectivity index (χ3n) is 5.76. The molecule has 1 amide bonds. The van der Waals surface area contributed by atoms with E-state index in [0.29, 0.717) is 40.5 Å². The lowest BCUT2D eigenvalue weighted by Crippen LogP contribution is -2.29. The number of hydrogen-bond acceptors (Lipinski definition) is 7. The topological polar surface area (TPSA) is 117 Å². The lowest BCUT2D eigenvalue weighted by molar-refractivity contribution is -0.132. The van der Waals surface area contributed by atoms with Gasteiger partial charge in [-0.25, -0.2) is 0 Å². The predicted octanol–water partition coefficient (Wildman–Crippen LogP) is 4.90. The van der Waals surface area contributed by atoms with Crippen LogP contribution in [-0.4, -0.2) is 29.4 Å². The number of aliphatic hydroxyl groups is 1. The van der Waals surface area contributed by atoms with Crippen LogP contribution in [0.5, 0.6) is 11.5 Å². The molecule has 0 aliphatic carbocycles. The van der Waals surface area contributed by atoms with Crippen LogP contribution in [0.15, 0.2) is 78.4 Å². The second-order valence-corrected chi connectivity index (χ2v) is 8.37. The number of hydrogen-bond donors (Lipinski definition) is 1. The summed E-state index contributed by atoms with van der Waals surface area (Å²) in [6.45, 7) is 3.75. The summed E-state index contributed by atoms with van der Waals surface area (Å²) >= 11 is 0. The van der Waals surface area contributed by atoms with Crippen LogP contribution in [-0.2, 0) is 14.4 Å². The summed E-state index contributed by atoms with van der Waals surface area (Å²) in [6.07, 6.45) is 0.801. The number of anilines is 1. The third kappa shape index (κ3) is 5.21. The molecule has 0 radical (unpaired) electrons. The van der Waals surface area contributed by atoms with Gasteiger partial charge in [-0.2, -0.15) is 5.26 Å². The van der Waals surface area contributed by atoms with Gasteiger partial charge in [-0.3, -0.25) is 19.3 Å². The number of Topliss-reactive ketones (excluding diaryl/α,β-unsaturated/α-hetero) is 1. The summed E-state index contributed by atoms with van der Waals surface area (Å²) in [7, 11) is 0. The summed E-state index contributed by atoms with van der Waals surface area (Å²) in [5, 5.41) is 20.5. The number of rotatable bonds is 7. The normalized spacial score (nSPS) is 16.4. The Labute approximate surface area is 214 Å². The van der Waals surface area contributed by atoms with E-state index < -0.39 is 23.7 Å². The van der Waals surface area contributed by atoms with Gasteiger partial charge in [-0.1, -0.05) is 31.2 Å². The molecule has 3 aromatic carbocycles. The van der Waals surface area contributed by atoms with Crippen LogP contribution in [0.4, 0.5) is 5.69 Å². The fraction of sp³-hybridized carbons (Fsp3) is 0.172. The molecule has 3 aromatic rings. The Morgan fingerprint density at radius 1 is 1.03 bits per heavy atom. The maximum Gasteiger partial charge on any atom is 0.308 e. The molecule has 1 aliphatic rings. The Bertz CT molecular complexity index is 1420. The molecular weight excluding hydrogens is 472 g/mol. The lowest BCUT2D eigenvalue weighted by Gasteiger charge is -2.25. The van der Waals surface area contributed by atoms with E-state index in [0.717, 1.165) is 6.42 Å². The summed E-state index contributed by atoms with van der Waals surface area (Å²) in [5.74, 6) is -1.68. The van der Waals surface area contributed by atoms with Crippen molar-refractivity contribution in [3.05, 3.63) is 95.1 Å². The van der Waals surface area contributed by atoms with Crippen molar-refractivity contribution in [1.82, 2.24) is 0 Å². The van der Waals surface area contributed by atoms with Gasteiger partial charge in [0.25, 0.3) is 11.7 Å². The van der Waals surface area contributed by atoms with Gasteiger partial charge >= 0.3 is 5.97 Å². The monoisotopic (exact) mass is 496 g/mol. The van der Waals surface area contributed by atoms with Crippen molar-refractivity contribution in [2.45, 2.75) is 26.3 Å². The highest BCUT2D eigenvalue weighted by atomic mass is 16.5. The number of esters is 1. The molecule has 0 saturated carbocycles. The first-order chi connectivity index (χ1) is 17.8. The van der Waals surface area contributed by atoms with Crippen molar-refractivity contribution in [1.29, 1.82) is 5.26 Å². The number of carbonyl (C=O) groups excluding carboxylic acids is 3. The molecule has 1 fully saturated rings. The number of benzene rings is 3. The molecule has 1 unspecified atom stereocenters. The van der Waals surface area contributed by atoms with Crippen LogP contribution in [0, 0.1) is 11.3 Å². The Morgan fingerprint density at radius 2 is 1.73 bits per heavy atom. The molecule has 8 heteroatoms. The number of amides is 1. The number of ether oxygens (including phenoxy) is 2. The summed E-state index contributed by atoms with van der Waals surface area (Å²) < 4.78 is 10.8. The molecule has 37 heavy (non-hydrogen) atoms. The Kier molecular flexibility index (Phi) is 7.35. The van der Waals surface area contributed by atoms with Crippen LogP contribution in [0.25, 0.3) is 5.76 Å². The highest BCUT2D eigenvalue weighted by Gasteiger charge is 2.47. The molecule has 4 rings (SSSR count). The molecule has 1 N–H and O–H groups in total. The summed E-state index contributed by atoms with van der Waals surface area (Å²) in [4.78, 5) is 39.2. The van der Waals surface area contributed by atoms with Crippen LogP contribution in [0.2, 0.25) is 0 Å². The van der Waals surface area contributed by atoms with Crippen molar-refractivity contribution in [2.75, 3.05) is 11.5 Å². The molecule has 8 nitrogen and oxygen atoms in total. The second-order valence-electron chi connectivity index (χ2n) is 8.37. The molecular formula is C29H24N2O6. The lowest BCUT2D eigenvalue weighted by atomic mass is 9.95. The SMILES string of the molecule is CCCOc1cccc(/C(O)=C2/C(=O)C(=O)N(c3ccc(C#N)cc3)C2c2ccc(OC(C)=O)cc2)c1. The van der Waals surface area contributed by atoms with Crippen LogP contribution >= 0.6 is 0 Å². The second kappa shape index (κ2) is 10.8. The molecule has 0 bridgehead atoms. The summed E-state index contributed by atoms with van der Waals surface area (Å²) in [6, 6.07) is 20.3. The molecule has 0 aromatic heterocycles. The van der Waals surface area contributed by atoms with Gasteiger partial charge in [0.2, 0.25) is 0 Å². The number of nitriles is 1. The zero-order valence-electron chi connectivity index (χ0n) is 20.3. The zero-order valence-corrected chi connectivity index (χ0v) is 20.3.